The van der Waals surface area contributed by atoms with Crippen molar-refractivity contribution in [2.45, 2.75) is 50.0 Å². The summed E-state index contributed by atoms with van der Waals surface area (Å²) in [6.45, 7) is 1.56. The Morgan fingerprint density at radius 1 is 1.15 bits per heavy atom. The molecule has 1 aliphatic rings. The van der Waals surface area contributed by atoms with Crippen LogP contribution < -0.4 is 5.32 Å². The molecule has 0 bridgehead atoms. The van der Waals surface area contributed by atoms with Gasteiger partial charge >= 0.3 is 0 Å². The van der Waals surface area contributed by atoms with E-state index >= 15 is 0 Å². The molecule has 4 heteroatoms. The number of hydrogen-bond donors (Lipinski definition) is 1. The van der Waals surface area contributed by atoms with Crippen LogP contribution in [0.25, 0.3) is 0 Å². The largest absolute Gasteiger partial charge is 0.353 e. The number of hydrogen-bond acceptors (Lipinski definition) is 3. The van der Waals surface area contributed by atoms with Crippen LogP contribution in [-0.4, -0.2) is 23.5 Å². The summed E-state index contributed by atoms with van der Waals surface area (Å²) in [6.07, 6.45) is 5.98. The molecule has 1 aliphatic carbocycles. The molecule has 0 saturated heterocycles. The number of benzene rings is 1. The summed E-state index contributed by atoms with van der Waals surface area (Å²) in [5, 5.41) is 3.10. The van der Waals surface area contributed by atoms with Crippen molar-refractivity contribution < 1.29 is 9.59 Å². The van der Waals surface area contributed by atoms with Gasteiger partial charge in [0.25, 0.3) is 0 Å². The first-order valence-electron chi connectivity index (χ1n) is 7.18. The third kappa shape index (κ3) is 4.67. The highest BCUT2D eigenvalue weighted by Crippen LogP contribution is 2.20. The number of ketones is 1. The zero-order valence-electron chi connectivity index (χ0n) is 11.9. The normalized spacial score (nSPS) is 15.8. The van der Waals surface area contributed by atoms with Gasteiger partial charge in [-0.05, 0) is 31.9 Å². The van der Waals surface area contributed by atoms with E-state index in [1.807, 2.05) is 24.3 Å². The first kappa shape index (κ1) is 15.1. The lowest BCUT2D eigenvalue weighted by Gasteiger charge is -2.22. The van der Waals surface area contributed by atoms with Gasteiger partial charge in [-0.1, -0.05) is 31.4 Å². The van der Waals surface area contributed by atoms with Crippen molar-refractivity contribution in [3.05, 3.63) is 29.8 Å². The zero-order valence-corrected chi connectivity index (χ0v) is 12.7. The van der Waals surface area contributed by atoms with Crippen molar-refractivity contribution in [3.8, 4) is 0 Å². The maximum atomic E-state index is 11.9. The topological polar surface area (TPSA) is 46.2 Å². The van der Waals surface area contributed by atoms with Crippen molar-refractivity contribution in [3.63, 3.8) is 0 Å². The molecule has 1 saturated carbocycles. The Morgan fingerprint density at radius 3 is 2.40 bits per heavy atom. The van der Waals surface area contributed by atoms with Crippen molar-refractivity contribution in [1.82, 2.24) is 5.32 Å². The van der Waals surface area contributed by atoms with E-state index in [0.717, 1.165) is 17.7 Å². The molecule has 108 valence electrons. The molecule has 0 aromatic heterocycles. The van der Waals surface area contributed by atoms with Gasteiger partial charge in [0.05, 0.1) is 5.75 Å². The predicted octanol–water partition coefficient (Wildman–Crippen LogP) is 3.43. The third-order valence-corrected chi connectivity index (χ3v) is 4.61. The fraction of sp³-hybridized carbons (Fsp3) is 0.500. The van der Waals surface area contributed by atoms with Gasteiger partial charge in [-0.25, -0.2) is 0 Å². The van der Waals surface area contributed by atoms with Crippen LogP contribution >= 0.6 is 11.8 Å². The fourth-order valence-electron chi connectivity index (χ4n) is 2.45. The van der Waals surface area contributed by atoms with E-state index in [-0.39, 0.29) is 11.7 Å². The van der Waals surface area contributed by atoms with Crippen LogP contribution in [0, 0.1) is 0 Å². The van der Waals surface area contributed by atoms with Gasteiger partial charge in [-0.15, -0.1) is 11.8 Å². The van der Waals surface area contributed by atoms with E-state index in [1.54, 1.807) is 6.92 Å². The average molecular weight is 291 g/mol. The number of carbonyl (C=O) groups excluding carboxylic acids is 2. The van der Waals surface area contributed by atoms with Crippen LogP contribution in [0.1, 0.15) is 49.4 Å². The van der Waals surface area contributed by atoms with Crippen LogP contribution in [0.15, 0.2) is 29.2 Å². The summed E-state index contributed by atoms with van der Waals surface area (Å²) in [5.41, 5.74) is 0.709. The van der Waals surface area contributed by atoms with Crippen molar-refractivity contribution in [1.29, 1.82) is 0 Å². The predicted molar refractivity (Wildman–Crippen MR) is 82.2 cm³/mol. The summed E-state index contributed by atoms with van der Waals surface area (Å²) in [6, 6.07) is 7.79. The van der Waals surface area contributed by atoms with Crippen molar-refractivity contribution in [2.24, 2.45) is 0 Å². The second kappa shape index (κ2) is 7.48. The van der Waals surface area contributed by atoms with E-state index in [9.17, 15) is 9.59 Å². The maximum absolute atomic E-state index is 11.9. The first-order valence-corrected chi connectivity index (χ1v) is 8.17. The SMILES string of the molecule is CC(=O)c1ccc(SCC(=O)NC2CCCCC2)cc1. The molecular weight excluding hydrogens is 270 g/mol. The molecule has 1 N–H and O–H groups in total. The van der Waals surface area contributed by atoms with Gasteiger partial charge in [0.2, 0.25) is 5.91 Å². The minimum Gasteiger partial charge on any atom is -0.353 e. The van der Waals surface area contributed by atoms with Crippen LogP contribution in [0.3, 0.4) is 0 Å². The van der Waals surface area contributed by atoms with Gasteiger partial charge in [0.15, 0.2) is 5.78 Å². The quantitative estimate of drug-likeness (QED) is 0.668. The van der Waals surface area contributed by atoms with Crippen LogP contribution in [0.2, 0.25) is 0 Å². The summed E-state index contributed by atoms with van der Waals surface area (Å²) < 4.78 is 0. The Balaban J connectivity index is 1.76. The molecule has 0 heterocycles. The van der Waals surface area contributed by atoms with Gasteiger partial charge < -0.3 is 5.32 Å². The first-order chi connectivity index (χ1) is 9.65. The summed E-state index contributed by atoms with van der Waals surface area (Å²) in [4.78, 5) is 24.1. The molecule has 0 spiro atoms. The number of carbonyl (C=O) groups is 2. The van der Waals surface area contributed by atoms with Crippen LogP contribution in [0.5, 0.6) is 0 Å². The smallest absolute Gasteiger partial charge is 0.230 e. The molecule has 0 aliphatic heterocycles. The highest BCUT2D eigenvalue weighted by molar-refractivity contribution is 8.00. The number of rotatable bonds is 5. The Hall–Kier alpha value is -1.29. The second-order valence-corrected chi connectivity index (χ2v) is 6.32. The number of amides is 1. The molecule has 2 rings (SSSR count). The second-order valence-electron chi connectivity index (χ2n) is 5.27. The lowest BCUT2D eigenvalue weighted by Crippen LogP contribution is -2.37. The zero-order chi connectivity index (χ0) is 14.4. The van der Waals surface area contributed by atoms with E-state index in [1.165, 1.54) is 31.0 Å². The third-order valence-electron chi connectivity index (χ3n) is 3.60. The molecule has 1 fully saturated rings. The van der Waals surface area contributed by atoms with Gasteiger partial charge in [0.1, 0.15) is 0 Å². The lowest BCUT2D eigenvalue weighted by molar-refractivity contribution is -0.119. The molecular formula is C16H21NO2S. The van der Waals surface area contributed by atoms with E-state index in [0.29, 0.717) is 17.4 Å². The molecule has 1 aromatic rings. The number of Topliss-reactive ketones (excluding diaryl/α,β-unsaturated/α-hetero) is 1. The van der Waals surface area contributed by atoms with Crippen LogP contribution in [-0.2, 0) is 4.79 Å². The molecule has 0 radical (unpaired) electrons. The molecule has 3 nitrogen and oxygen atoms in total. The molecule has 0 atom stereocenters. The van der Waals surface area contributed by atoms with Gasteiger partial charge in [-0.2, -0.15) is 0 Å². The van der Waals surface area contributed by atoms with E-state index < -0.39 is 0 Å². The minimum atomic E-state index is 0.0663. The highest BCUT2D eigenvalue weighted by Gasteiger charge is 2.15. The fourth-order valence-corrected chi connectivity index (χ4v) is 3.16. The number of thioether (sulfide) groups is 1. The van der Waals surface area contributed by atoms with E-state index in [2.05, 4.69) is 5.32 Å². The summed E-state index contributed by atoms with van der Waals surface area (Å²) >= 11 is 1.51. The van der Waals surface area contributed by atoms with Crippen molar-refractivity contribution in [2.75, 3.05) is 5.75 Å². The van der Waals surface area contributed by atoms with Crippen molar-refractivity contribution >= 4 is 23.5 Å². The standard InChI is InChI=1S/C16H21NO2S/c1-12(18)13-7-9-15(10-8-13)20-11-16(19)17-14-5-3-2-4-6-14/h7-10,14H,2-6,11H2,1H3,(H,17,19). The van der Waals surface area contributed by atoms with E-state index in [4.69, 9.17) is 0 Å². The maximum Gasteiger partial charge on any atom is 0.230 e. The molecule has 0 unspecified atom stereocenters. The Labute approximate surface area is 124 Å². The number of nitrogens with one attached hydrogen (secondary N) is 1. The lowest BCUT2D eigenvalue weighted by atomic mass is 9.95. The Bertz CT molecular complexity index is 464. The summed E-state index contributed by atoms with van der Waals surface area (Å²) in [5.74, 6) is 0.616. The Kier molecular flexibility index (Phi) is 5.65. The molecule has 1 amide bonds. The monoisotopic (exact) mass is 291 g/mol. The highest BCUT2D eigenvalue weighted by atomic mass is 32.2. The molecule has 20 heavy (non-hydrogen) atoms. The van der Waals surface area contributed by atoms with Gasteiger partial charge in [-0.3, -0.25) is 9.59 Å². The molecule has 1 aromatic carbocycles. The Morgan fingerprint density at radius 2 is 1.80 bits per heavy atom. The minimum absolute atomic E-state index is 0.0663. The summed E-state index contributed by atoms with van der Waals surface area (Å²) in [7, 11) is 0. The van der Waals surface area contributed by atoms with Gasteiger partial charge in [0, 0.05) is 16.5 Å². The van der Waals surface area contributed by atoms with Crippen LogP contribution in [0.4, 0.5) is 0 Å². The average Bonchev–Trinajstić information content (AvgIpc) is 2.46.